The van der Waals surface area contributed by atoms with Gasteiger partial charge < -0.3 is 9.64 Å². The fourth-order valence-electron chi connectivity index (χ4n) is 3.33. The molecule has 2 heterocycles. The van der Waals surface area contributed by atoms with Gasteiger partial charge in [0.1, 0.15) is 6.04 Å². The minimum absolute atomic E-state index is 0.242. The van der Waals surface area contributed by atoms with Crippen LogP contribution >= 0.6 is 0 Å². The zero-order valence-electron chi connectivity index (χ0n) is 14.8. The molecule has 134 valence electrons. The van der Waals surface area contributed by atoms with Gasteiger partial charge in [0, 0.05) is 13.1 Å². The zero-order chi connectivity index (χ0) is 17.8. The Morgan fingerprint density at radius 2 is 1.92 bits per heavy atom. The van der Waals surface area contributed by atoms with Gasteiger partial charge in [0.2, 0.25) is 11.9 Å². The van der Waals surface area contributed by atoms with Crippen LogP contribution in [0.25, 0.3) is 0 Å². The van der Waals surface area contributed by atoms with E-state index in [1.165, 1.54) is 6.42 Å². The van der Waals surface area contributed by atoms with Crippen LogP contribution in [-0.2, 0) is 14.3 Å². The number of guanidine groups is 1. The van der Waals surface area contributed by atoms with Crippen LogP contribution in [0.1, 0.15) is 43.4 Å². The third-order valence-corrected chi connectivity index (χ3v) is 4.71. The van der Waals surface area contributed by atoms with Crippen molar-refractivity contribution in [3.8, 4) is 0 Å². The van der Waals surface area contributed by atoms with E-state index in [-0.39, 0.29) is 12.5 Å². The maximum atomic E-state index is 12.7. The molecule has 3 rings (SSSR count). The Labute approximate surface area is 148 Å². The Hall–Kier alpha value is -2.37. The SMILES string of the molecule is CCOC(=O)C1C(=O)NC(N2CCCCC2)=NC1c1ccc(C)cc1. The van der Waals surface area contributed by atoms with Crippen LogP contribution in [0, 0.1) is 12.8 Å². The smallest absolute Gasteiger partial charge is 0.321 e. The van der Waals surface area contributed by atoms with Gasteiger partial charge in [0.15, 0.2) is 5.92 Å². The molecule has 1 aromatic carbocycles. The maximum absolute atomic E-state index is 12.7. The van der Waals surface area contributed by atoms with E-state index in [9.17, 15) is 9.59 Å². The fraction of sp³-hybridized carbons (Fsp3) is 0.526. The standard InChI is InChI=1S/C19H25N3O3/c1-3-25-18(24)15-16(14-9-7-13(2)8-10-14)20-19(21-17(15)23)22-11-5-4-6-12-22/h7-10,15-16H,3-6,11-12H2,1-2H3,(H,20,21,23). The second kappa shape index (κ2) is 7.68. The number of hydrogen-bond acceptors (Lipinski definition) is 5. The van der Waals surface area contributed by atoms with Crippen molar-refractivity contribution < 1.29 is 14.3 Å². The summed E-state index contributed by atoms with van der Waals surface area (Å²) in [7, 11) is 0. The van der Waals surface area contributed by atoms with Crippen molar-refractivity contribution >= 4 is 17.8 Å². The summed E-state index contributed by atoms with van der Waals surface area (Å²) in [5.41, 5.74) is 1.98. The molecule has 0 aromatic heterocycles. The minimum atomic E-state index is -0.948. The lowest BCUT2D eigenvalue weighted by molar-refractivity contribution is -0.153. The highest BCUT2D eigenvalue weighted by Crippen LogP contribution is 2.31. The molecule has 0 radical (unpaired) electrons. The molecule has 0 aliphatic carbocycles. The van der Waals surface area contributed by atoms with E-state index < -0.39 is 17.9 Å². The first-order valence-electron chi connectivity index (χ1n) is 8.97. The lowest BCUT2D eigenvalue weighted by Gasteiger charge is -2.35. The highest BCUT2D eigenvalue weighted by molar-refractivity contribution is 6.08. The number of carbonyl (C=O) groups is 2. The Kier molecular flexibility index (Phi) is 5.36. The second-order valence-electron chi connectivity index (χ2n) is 6.57. The fourth-order valence-corrected chi connectivity index (χ4v) is 3.33. The number of esters is 1. The second-order valence-corrected chi connectivity index (χ2v) is 6.57. The van der Waals surface area contributed by atoms with Crippen LogP contribution in [-0.4, -0.2) is 42.4 Å². The monoisotopic (exact) mass is 343 g/mol. The summed E-state index contributed by atoms with van der Waals surface area (Å²) >= 11 is 0. The van der Waals surface area contributed by atoms with Gasteiger partial charge in [-0.1, -0.05) is 29.8 Å². The van der Waals surface area contributed by atoms with Crippen molar-refractivity contribution in [1.29, 1.82) is 0 Å². The predicted octanol–water partition coefficient (Wildman–Crippen LogP) is 2.19. The minimum Gasteiger partial charge on any atom is -0.465 e. The third-order valence-electron chi connectivity index (χ3n) is 4.71. The molecule has 2 aliphatic heterocycles. The van der Waals surface area contributed by atoms with Gasteiger partial charge in [-0.2, -0.15) is 0 Å². The van der Waals surface area contributed by atoms with Crippen LogP contribution in [0.4, 0.5) is 0 Å². The number of rotatable bonds is 3. The summed E-state index contributed by atoms with van der Waals surface area (Å²) in [5.74, 6) is -1.22. The molecule has 0 spiro atoms. The van der Waals surface area contributed by atoms with Crippen LogP contribution < -0.4 is 5.32 Å². The van der Waals surface area contributed by atoms with Crippen molar-refractivity contribution in [2.75, 3.05) is 19.7 Å². The van der Waals surface area contributed by atoms with Crippen molar-refractivity contribution in [2.24, 2.45) is 10.9 Å². The number of hydrogen-bond donors (Lipinski definition) is 1. The average Bonchev–Trinajstić information content (AvgIpc) is 2.62. The molecule has 25 heavy (non-hydrogen) atoms. The number of amides is 1. The first kappa shape index (κ1) is 17.5. The molecule has 0 saturated carbocycles. The lowest BCUT2D eigenvalue weighted by atomic mass is 9.91. The van der Waals surface area contributed by atoms with E-state index in [0.29, 0.717) is 5.96 Å². The average molecular weight is 343 g/mol. The van der Waals surface area contributed by atoms with Gasteiger partial charge in [0.05, 0.1) is 6.61 Å². The van der Waals surface area contributed by atoms with Gasteiger partial charge >= 0.3 is 5.97 Å². The summed E-state index contributed by atoms with van der Waals surface area (Å²) in [6.07, 6.45) is 3.38. The van der Waals surface area contributed by atoms with Crippen LogP contribution in [0.15, 0.2) is 29.3 Å². The lowest BCUT2D eigenvalue weighted by Crippen LogP contribution is -2.53. The summed E-state index contributed by atoms with van der Waals surface area (Å²) in [4.78, 5) is 31.9. The highest BCUT2D eigenvalue weighted by Gasteiger charge is 2.41. The van der Waals surface area contributed by atoms with Gasteiger partial charge in [-0.25, -0.2) is 4.99 Å². The first-order valence-corrected chi connectivity index (χ1v) is 8.97. The van der Waals surface area contributed by atoms with E-state index in [1.807, 2.05) is 31.2 Å². The molecule has 2 atom stereocenters. The summed E-state index contributed by atoms with van der Waals surface area (Å²) in [6, 6.07) is 7.26. The molecular formula is C19H25N3O3. The molecule has 1 aromatic rings. The molecule has 2 unspecified atom stereocenters. The Bertz CT molecular complexity index is 663. The highest BCUT2D eigenvalue weighted by atomic mass is 16.5. The number of benzene rings is 1. The van der Waals surface area contributed by atoms with Crippen LogP contribution in [0.2, 0.25) is 0 Å². The molecule has 1 fully saturated rings. The first-order chi connectivity index (χ1) is 12.1. The molecule has 1 N–H and O–H groups in total. The topological polar surface area (TPSA) is 71.0 Å². The molecule has 2 aliphatic rings. The Morgan fingerprint density at radius 3 is 2.56 bits per heavy atom. The van der Waals surface area contributed by atoms with Crippen molar-refractivity contribution in [1.82, 2.24) is 10.2 Å². The van der Waals surface area contributed by atoms with Crippen molar-refractivity contribution in [3.63, 3.8) is 0 Å². The quantitative estimate of drug-likeness (QED) is 0.675. The number of ether oxygens (including phenoxy) is 1. The van der Waals surface area contributed by atoms with E-state index >= 15 is 0 Å². The maximum Gasteiger partial charge on any atom is 0.321 e. The summed E-state index contributed by atoms with van der Waals surface area (Å²) in [5, 5.41) is 2.82. The Balaban J connectivity index is 1.95. The molecular weight excluding hydrogens is 318 g/mol. The predicted molar refractivity (Wildman–Crippen MR) is 95.0 cm³/mol. The number of aliphatic imine (C=N–C) groups is 1. The van der Waals surface area contributed by atoms with Gasteiger partial charge in [0.25, 0.3) is 0 Å². The number of nitrogens with one attached hydrogen (secondary N) is 1. The number of nitrogens with zero attached hydrogens (tertiary/aromatic N) is 2. The van der Waals surface area contributed by atoms with Gasteiger partial charge in [-0.15, -0.1) is 0 Å². The normalized spacial score (nSPS) is 23.7. The van der Waals surface area contributed by atoms with Crippen LogP contribution in [0.3, 0.4) is 0 Å². The number of aryl methyl sites for hydroxylation is 1. The Morgan fingerprint density at radius 1 is 1.24 bits per heavy atom. The van der Waals surface area contributed by atoms with Gasteiger partial charge in [-0.3, -0.25) is 14.9 Å². The largest absolute Gasteiger partial charge is 0.465 e. The molecule has 1 saturated heterocycles. The summed E-state index contributed by atoms with van der Waals surface area (Å²) < 4.78 is 5.13. The molecule has 1 amide bonds. The molecule has 6 heteroatoms. The van der Waals surface area contributed by atoms with E-state index in [4.69, 9.17) is 9.73 Å². The van der Waals surface area contributed by atoms with E-state index in [2.05, 4.69) is 10.2 Å². The molecule has 0 bridgehead atoms. The molecule has 6 nitrogen and oxygen atoms in total. The van der Waals surface area contributed by atoms with Crippen LogP contribution in [0.5, 0.6) is 0 Å². The summed E-state index contributed by atoms with van der Waals surface area (Å²) in [6.45, 7) is 5.74. The number of carbonyl (C=O) groups excluding carboxylic acids is 2. The zero-order valence-corrected chi connectivity index (χ0v) is 14.8. The number of likely N-dealkylation sites (tertiary alicyclic amines) is 1. The van der Waals surface area contributed by atoms with E-state index in [0.717, 1.165) is 37.1 Å². The van der Waals surface area contributed by atoms with Crippen molar-refractivity contribution in [3.05, 3.63) is 35.4 Å². The number of piperidine rings is 1. The van der Waals surface area contributed by atoms with Gasteiger partial charge in [-0.05, 0) is 38.7 Å². The van der Waals surface area contributed by atoms with Crippen molar-refractivity contribution in [2.45, 2.75) is 39.2 Å². The third kappa shape index (κ3) is 3.83. The van der Waals surface area contributed by atoms with E-state index in [1.54, 1.807) is 6.92 Å².